The lowest BCUT2D eigenvalue weighted by Crippen LogP contribution is -2.31. The van der Waals surface area contributed by atoms with Crippen LogP contribution in [0.3, 0.4) is 0 Å². The van der Waals surface area contributed by atoms with Crippen molar-refractivity contribution >= 4 is 11.7 Å². The minimum absolute atomic E-state index is 0.0921. The minimum atomic E-state index is -0.729. The fraction of sp³-hybridized carbons (Fsp3) is 0.333. The van der Waals surface area contributed by atoms with Crippen LogP contribution in [-0.4, -0.2) is 22.9 Å². The van der Waals surface area contributed by atoms with Crippen molar-refractivity contribution < 1.29 is 14.3 Å². The number of aromatic hydroxyl groups is 1. The molecule has 0 fully saturated rings. The zero-order valence-electron chi connectivity index (χ0n) is 9.57. The van der Waals surface area contributed by atoms with Gasteiger partial charge in [-0.3, -0.25) is 9.79 Å². The third-order valence-corrected chi connectivity index (χ3v) is 2.63. The van der Waals surface area contributed by atoms with E-state index < -0.39 is 17.6 Å². The fourth-order valence-electron chi connectivity index (χ4n) is 1.67. The predicted molar refractivity (Wildman–Crippen MR) is 61.4 cm³/mol. The summed E-state index contributed by atoms with van der Waals surface area (Å²) in [5.74, 6) is -0.878. The van der Waals surface area contributed by atoms with Gasteiger partial charge in [-0.2, -0.15) is 0 Å². The molecule has 5 heteroatoms. The van der Waals surface area contributed by atoms with E-state index in [0.717, 1.165) is 6.07 Å². The molecule has 1 unspecified atom stereocenters. The fourth-order valence-corrected chi connectivity index (χ4v) is 1.67. The van der Waals surface area contributed by atoms with Gasteiger partial charge in [-0.15, -0.1) is 0 Å². The van der Waals surface area contributed by atoms with E-state index in [-0.39, 0.29) is 11.8 Å². The summed E-state index contributed by atoms with van der Waals surface area (Å²) in [5, 5.41) is 11.7. The maximum Gasteiger partial charge on any atom is 0.250 e. The highest BCUT2D eigenvalue weighted by Gasteiger charge is 2.29. The first-order valence-electron chi connectivity index (χ1n) is 5.36. The summed E-state index contributed by atoms with van der Waals surface area (Å²) in [4.78, 5) is 15.8. The lowest BCUT2D eigenvalue weighted by Gasteiger charge is -2.06. The second kappa shape index (κ2) is 4.16. The van der Waals surface area contributed by atoms with Crippen LogP contribution in [0.4, 0.5) is 4.39 Å². The van der Waals surface area contributed by atoms with E-state index in [1.807, 2.05) is 13.8 Å². The second-order valence-electron chi connectivity index (χ2n) is 4.32. The Morgan fingerprint density at radius 1 is 1.47 bits per heavy atom. The van der Waals surface area contributed by atoms with Crippen molar-refractivity contribution in [1.82, 2.24) is 5.32 Å². The number of halogens is 1. The molecule has 2 rings (SSSR count). The molecule has 4 nitrogen and oxygen atoms in total. The van der Waals surface area contributed by atoms with Gasteiger partial charge in [-0.1, -0.05) is 13.8 Å². The summed E-state index contributed by atoms with van der Waals surface area (Å²) < 4.78 is 13.2. The largest absolute Gasteiger partial charge is 0.505 e. The van der Waals surface area contributed by atoms with Gasteiger partial charge in [0.2, 0.25) is 0 Å². The second-order valence-corrected chi connectivity index (χ2v) is 4.32. The number of carbonyl (C=O) groups excluding carboxylic acids is 1. The SMILES string of the molecule is CC(C)C1N=C(c2ccc(O)c(F)c2)NC1=O. The molecule has 0 radical (unpaired) electrons. The summed E-state index contributed by atoms with van der Waals surface area (Å²) >= 11 is 0. The number of nitrogens with one attached hydrogen (secondary N) is 1. The average Bonchev–Trinajstić information content (AvgIpc) is 2.64. The number of amidine groups is 1. The zero-order valence-corrected chi connectivity index (χ0v) is 9.57. The van der Waals surface area contributed by atoms with E-state index in [9.17, 15) is 9.18 Å². The molecule has 1 aliphatic rings. The van der Waals surface area contributed by atoms with E-state index in [4.69, 9.17) is 5.11 Å². The van der Waals surface area contributed by atoms with Crippen LogP contribution >= 0.6 is 0 Å². The molecule has 1 aromatic carbocycles. The van der Waals surface area contributed by atoms with Crippen molar-refractivity contribution in [3.8, 4) is 5.75 Å². The molecule has 0 aliphatic carbocycles. The van der Waals surface area contributed by atoms with Gasteiger partial charge in [0.1, 0.15) is 11.9 Å². The summed E-state index contributed by atoms with van der Waals surface area (Å²) in [6, 6.07) is 3.47. The van der Waals surface area contributed by atoms with Crippen LogP contribution in [0.1, 0.15) is 19.4 Å². The van der Waals surface area contributed by atoms with Gasteiger partial charge in [0.05, 0.1) is 0 Å². The molecule has 2 N–H and O–H groups in total. The third-order valence-electron chi connectivity index (χ3n) is 2.63. The van der Waals surface area contributed by atoms with Crippen molar-refractivity contribution in [3.05, 3.63) is 29.6 Å². The summed E-state index contributed by atoms with van der Waals surface area (Å²) in [7, 11) is 0. The number of carbonyl (C=O) groups is 1. The maximum atomic E-state index is 13.2. The van der Waals surface area contributed by atoms with Crippen LogP contribution in [0.15, 0.2) is 23.2 Å². The van der Waals surface area contributed by atoms with Crippen LogP contribution in [0, 0.1) is 11.7 Å². The van der Waals surface area contributed by atoms with E-state index in [2.05, 4.69) is 10.3 Å². The predicted octanol–water partition coefficient (Wildman–Crippen LogP) is 1.43. The molecule has 1 aromatic rings. The first kappa shape index (κ1) is 11.6. The normalized spacial score (nSPS) is 19.4. The summed E-state index contributed by atoms with van der Waals surface area (Å²) in [6.45, 7) is 3.79. The van der Waals surface area contributed by atoms with Gasteiger partial charge in [0.15, 0.2) is 11.6 Å². The van der Waals surface area contributed by atoms with E-state index >= 15 is 0 Å². The molecule has 1 amide bonds. The lowest BCUT2D eigenvalue weighted by molar-refractivity contribution is -0.120. The van der Waals surface area contributed by atoms with Crippen LogP contribution in [0.2, 0.25) is 0 Å². The van der Waals surface area contributed by atoms with Crippen molar-refractivity contribution in [3.63, 3.8) is 0 Å². The Hall–Kier alpha value is -1.91. The standard InChI is InChI=1S/C12H13FN2O2/c1-6(2)10-12(17)15-11(14-10)7-3-4-9(16)8(13)5-7/h3-6,10,16H,1-2H3,(H,14,15,17). The number of rotatable bonds is 2. The number of hydrogen-bond acceptors (Lipinski definition) is 3. The van der Waals surface area contributed by atoms with Gasteiger partial charge in [-0.05, 0) is 24.1 Å². The van der Waals surface area contributed by atoms with E-state index in [0.29, 0.717) is 11.4 Å². The van der Waals surface area contributed by atoms with Crippen molar-refractivity contribution in [2.45, 2.75) is 19.9 Å². The van der Waals surface area contributed by atoms with Gasteiger partial charge in [0.25, 0.3) is 5.91 Å². The topological polar surface area (TPSA) is 61.7 Å². The number of phenolic OH excluding ortho intramolecular Hbond substituents is 1. The third kappa shape index (κ3) is 2.13. The first-order chi connectivity index (χ1) is 7.99. The monoisotopic (exact) mass is 236 g/mol. The number of nitrogens with zero attached hydrogens (tertiary/aromatic N) is 1. The maximum absolute atomic E-state index is 13.2. The van der Waals surface area contributed by atoms with Crippen molar-refractivity contribution in [1.29, 1.82) is 0 Å². The summed E-state index contributed by atoms with van der Waals surface area (Å²) in [5.41, 5.74) is 0.455. The Morgan fingerprint density at radius 2 is 2.18 bits per heavy atom. The number of hydrogen-bond donors (Lipinski definition) is 2. The number of benzene rings is 1. The highest BCUT2D eigenvalue weighted by molar-refractivity contribution is 6.13. The Balaban J connectivity index is 2.32. The van der Waals surface area contributed by atoms with Gasteiger partial charge in [0, 0.05) is 5.56 Å². The molecule has 0 aromatic heterocycles. The minimum Gasteiger partial charge on any atom is -0.505 e. The molecule has 1 aliphatic heterocycles. The molecule has 1 atom stereocenters. The molecular formula is C12H13FN2O2. The number of aliphatic imine (C=N–C) groups is 1. The molecule has 0 saturated heterocycles. The van der Waals surface area contributed by atoms with Gasteiger partial charge in [-0.25, -0.2) is 4.39 Å². The highest BCUT2D eigenvalue weighted by atomic mass is 19.1. The molecular weight excluding hydrogens is 223 g/mol. The van der Waals surface area contributed by atoms with Crippen molar-refractivity contribution in [2.24, 2.45) is 10.9 Å². The van der Waals surface area contributed by atoms with E-state index in [1.165, 1.54) is 12.1 Å². The smallest absolute Gasteiger partial charge is 0.250 e. The van der Waals surface area contributed by atoms with Gasteiger partial charge >= 0.3 is 0 Å². The van der Waals surface area contributed by atoms with Gasteiger partial charge < -0.3 is 10.4 Å². The van der Waals surface area contributed by atoms with E-state index in [1.54, 1.807) is 0 Å². The van der Waals surface area contributed by atoms with Crippen molar-refractivity contribution in [2.75, 3.05) is 0 Å². The Bertz CT molecular complexity index is 497. The molecule has 0 spiro atoms. The Kier molecular flexibility index (Phi) is 2.83. The van der Waals surface area contributed by atoms with Crippen LogP contribution in [0.5, 0.6) is 5.75 Å². The number of phenols is 1. The Labute approximate surface area is 98.2 Å². The summed E-state index contributed by atoms with van der Waals surface area (Å²) in [6.07, 6.45) is 0. The Morgan fingerprint density at radius 3 is 2.71 bits per heavy atom. The molecule has 17 heavy (non-hydrogen) atoms. The van der Waals surface area contributed by atoms with Crippen LogP contribution in [0.25, 0.3) is 0 Å². The molecule has 0 saturated carbocycles. The molecule has 1 heterocycles. The van der Waals surface area contributed by atoms with Crippen LogP contribution < -0.4 is 5.32 Å². The average molecular weight is 236 g/mol. The molecule has 90 valence electrons. The highest BCUT2D eigenvalue weighted by Crippen LogP contribution is 2.19. The number of amides is 1. The quantitative estimate of drug-likeness (QED) is 0.816. The lowest BCUT2D eigenvalue weighted by atomic mass is 10.1. The molecule has 0 bridgehead atoms. The first-order valence-corrected chi connectivity index (χ1v) is 5.36. The zero-order chi connectivity index (χ0) is 12.6. The van der Waals surface area contributed by atoms with Crippen LogP contribution in [-0.2, 0) is 4.79 Å².